The van der Waals surface area contributed by atoms with Crippen LogP contribution in [0.25, 0.3) is 103 Å². The fourth-order valence-electron chi connectivity index (χ4n) is 13.3. The van der Waals surface area contributed by atoms with E-state index >= 15 is 0 Å². The third-order valence-electron chi connectivity index (χ3n) is 17.3. The lowest BCUT2D eigenvalue weighted by Gasteiger charge is -2.41. The zero-order chi connectivity index (χ0) is 49.1. The first kappa shape index (κ1) is 42.6. The minimum Gasteiger partial charge on any atom is -0.466 e. The average Bonchev–Trinajstić information content (AvgIpc) is 4.12. The number of rotatable bonds is 2. The Morgan fingerprint density at radius 2 is 1.24 bits per heavy atom. The lowest BCUT2D eigenvalue weighted by atomic mass is 9.46. The predicted molar refractivity (Wildman–Crippen MR) is 308 cm³/mol. The van der Waals surface area contributed by atoms with Gasteiger partial charge in [-0.15, -0.1) is 11.3 Å². The molecule has 0 saturated carbocycles. The Kier molecular flexibility index (Phi) is 8.25. The number of thiophene rings is 1. The van der Waals surface area contributed by atoms with Gasteiger partial charge < -0.3 is 18.2 Å². The minimum atomic E-state index is -0.303. The van der Waals surface area contributed by atoms with Gasteiger partial charge >= 0.3 is 6.85 Å². The molecule has 4 nitrogen and oxygen atoms in total. The third-order valence-corrected chi connectivity index (χ3v) is 18.5. The van der Waals surface area contributed by atoms with Gasteiger partial charge in [0.05, 0.1) is 16.7 Å². The second-order valence-corrected chi connectivity index (χ2v) is 25.8. The van der Waals surface area contributed by atoms with Gasteiger partial charge in [0, 0.05) is 64.0 Å². The highest BCUT2D eigenvalue weighted by molar-refractivity contribution is 7.27. The van der Waals surface area contributed by atoms with E-state index in [1.165, 1.54) is 97.3 Å². The maximum Gasteiger partial charge on any atom is 0.375 e. The quantitative estimate of drug-likeness (QED) is 0.162. The number of aromatic nitrogens is 1. The van der Waals surface area contributed by atoms with Gasteiger partial charge in [-0.25, -0.2) is 0 Å². The number of hydrogen-bond acceptors (Lipinski definition) is 4. The van der Waals surface area contributed by atoms with Gasteiger partial charge in [-0.1, -0.05) is 142 Å². The van der Waals surface area contributed by atoms with Crippen LogP contribution in [0.3, 0.4) is 0 Å². The van der Waals surface area contributed by atoms with Crippen LogP contribution in [0, 0.1) is 0 Å². The summed E-state index contributed by atoms with van der Waals surface area (Å²) in [6.45, 7) is 23.3. The summed E-state index contributed by atoms with van der Waals surface area (Å²) in [5.74, 6) is 0. The van der Waals surface area contributed by atoms with Crippen LogP contribution in [0.5, 0.6) is 0 Å². The molecule has 0 saturated heterocycles. The van der Waals surface area contributed by atoms with Gasteiger partial charge in [0.25, 0.3) is 0 Å². The van der Waals surface area contributed by atoms with Crippen molar-refractivity contribution < 1.29 is 8.83 Å². The SMILES string of the molecule is CC(C)(C)c1ccc(N2B3c4oc5ccc(-c6ccccc6)cc5c4-n4c5ccc(C(C)(C)C)cc5c5c6sc7ccccc7c6c(c3c54)-c3cc4oc5cc6c(cc5c4cc32)C(C)(C)CCC6(C)C)cc1. The van der Waals surface area contributed by atoms with E-state index in [4.69, 9.17) is 8.83 Å². The van der Waals surface area contributed by atoms with Crippen molar-refractivity contribution in [3.63, 3.8) is 0 Å². The highest BCUT2D eigenvalue weighted by atomic mass is 32.1. The molecule has 352 valence electrons. The first-order chi connectivity index (χ1) is 34.4. The molecule has 2 aliphatic heterocycles. The first-order valence-corrected chi connectivity index (χ1v) is 26.8. The molecule has 12 aromatic rings. The molecule has 1 aliphatic carbocycles. The van der Waals surface area contributed by atoms with Gasteiger partial charge in [-0.3, -0.25) is 0 Å². The second kappa shape index (κ2) is 13.9. The van der Waals surface area contributed by atoms with E-state index in [2.05, 4.69) is 218 Å². The number of furan rings is 2. The Hall–Kier alpha value is -7.02. The molecule has 15 rings (SSSR count). The van der Waals surface area contributed by atoms with E-state index in [-0.39, 0.29) is 28.5 Å². The maximum atomic E-state index is 7.55. The fraction of sp³-hybridized carbons (Fsp3) is 0.242. The van der Waals surface area contributed by atoms with E-state index < -0.39 is 0 Å². The van der Waals surface area contributed by atoms with E-state index in [1.807, 2.05) is 11.3 Å². The summed E-state index contributed by atoms with van der Waals surface area (Å²) in [6.07, 6.45) is 2.30. The van der Waals surface area contributed by atoms with Crippen LogP contribution < -0.4 is 15.9 Å². The molecule has 3 aliphatic rings. The molecule has 6 heteroatoms. The van der Waals surface area contributed by atoms with Crippen molar-refractivity contribution in [1.82, 2.24) is 4.57 Å². The number of nitrogens with zero attached hydrogens (tertiary/aromatic N) is 2. The van der Waals surface area contributed by atoms with E-state index in [0.717, 1.165) is 63.1 Å². The summed E-state index contributed by atoms with van der Waals surface area (Å²) in [5, 5.41) is 8.66. The number of anilines is 2. The Balaban J connectivity index is 1.15. The van der Waals surface area contributed by atoms with Crippen molar-refractivity contribution in [2.75, 3.05) is 4.81 Å². The summed E-state index contributed by atoms with van der Waals surface area (Å²) in [5.41, 5.74) is 21.3. The Morgan fingerprint density at radius 3 is 1.99 bits per heavy atom. The molecule has 0 unspecified atom stereocenters. The second-order valence-electron chi connectivity index (χ2n) is 24.7. The minimum absolute atomic E-state index is 0.00782. The van der Waals surface area contributed by atoms with Crippen LogP contribution >= 0.6 is 11.3 Å². The smallest absolute Gasteiger partial charge is 0.375 e. The molecular weight excluding hydrogens is 896 g/mol. The third kappa shape index (κ3) is 5.65. The van der Waals surface area contributed by atoms with Crippen LogP contribution in [0.1, 0.15) is 104 Å². The topological polar surface area (TPSA) is 34.5 Å². The highest BCUT2D eigenvalue weighted by Gasteiger charge is 2.49. The van der Waals surface area contributed by atoms with Crippen molar-refractivity contribution in [3.8, 4) is 27.9 Å². The molecule has 0 bridgehead atoms. The summed E-state index contributed by atoms with van der Waals surface area (Å²) in [4.78, 5) is 2.63. The summed E-state index contributed by atoms with van der Waals surface area (Å²) < 4.78 is 20.0. The number of fused-ring (bicyclic) bond motifs is 19. The molecule has 4 aromatic heterocycles. The van der Waals surface area contributed by atoms with Crippen molar-refractivity contribution in [2.45, 2.75) is 104 Å². The van der Waals surface area contributed by atoms with Gasteiger partial charge in [0.1, 0.15) is 22.4 Å². The van der Waals surface area contributed by atoms with Crippen LogP contribution in [0.15, 0.2) is 148 Å². The van der Waals surface area contributed by atoms with Gasteiger partial charge in [0.2, 0.25) is 0 Å². The molecule has 0 spiro atoms. The first-order valence-electron chi connectivity index (χ1n) is 26.0. The molecule has 72 heavy (non-hydrogen) atoms. The van der Waals surface area contributed by atoms with E-state index in [1.54, 1.807) is 0 Å². The molecule has 8 aromatic carbocycles. The summed E-state index contributed by atoms with van der Waals surface area (Å²) in [6, 6.07) is 53.1. The van der Waals surface area contributed by atoms with Gasteiger partial charge in [-0.2, -0.15) is 0 Å². The molecule has 0 atom stereocenters. The lowest BCUT2D eigenvalue weighted by Crippen LogP contribution is -2.60. The zero-order valence-electron chi connectivity index (χ0n) is 42.9. The maximum absolute atomic E-state index is 7.55. The Bertz CT molecular complexity index is 4350. The number of hydrogen-bond donors (Lipinski definition) is 0. The van der Waals surface area contributed by atoms with E-state index in [9.17, 15) is 0 Å². The van der Waals surface area contributed by atoms with Crippen molar-refractivity contribution in [3.05, 3.63) is 162 Å². The monoisotopic (exact) mass is 952 g/mol. The molecule has 0 fully saturated rings. The van der Waals surface area contributed by atoms with Gasteiger partial charge in [-0.05, 0) is 146 Å². The molecule has 0 radical (unpaired) electrons. The van der Waals surface area contributed by atoms with Crippen molar-refractivity contribution >= 4 is 116 Å². The van der Waals surface area contributed by atoms with Crippen molar-refractivity contribution in [1.29, 1.82) is 0 Å². The van der Waals surface area contributed by atoms with Crippen LogP contribution in [-0.2, 0) is 21.7 Å². The van der Waals surface area contributed by atoms with Gasteiger partial charge in [0.15, 0.2) is 0 Å². The van der Waals surface area contributed by atoms with Crippen LogP contribution in [0.2, 0.25) is 0 Å². The van der Waals surface area contributed by atoms with E-state index in [0.29, 0.717) is 0 Å². The Labute approximate surface area is 425 Å². The fourth-order valence-corrected chi connectivity index (χ4v) is 14.5. The molecule has 0 N–H and O–H groups in total. The normalized spacial score (nSPS) is 16.0. The predicted octanol–water partition coefficient (Wildman–Crippen LogP) is 17.6. The van der Waals surface area contributed by atoms with Crippen LogP contribution in [-0.4, -0.2) is 11.4 Å². The average molecular weight is 953 g/mol. The largest absolute Gasteiger partial charge is 0.466 e. The Morgan fingerprint density at radius 1 is 0.556 bits per heavy atom. The molecule has 6 heterocycles. The number of benzene rings is 8. The molecular formula is C66H57BN2O2S. The van der Waals surface area contributed by atoms with Crippen LogP contribution in [0.4, 0.5) is 11.4 Å². The van der Waals surface area contributed by atoms with Crippen molar-refractivity contribution in [2.24, 2.45) is 0 Å². The summed E-state index contributed by atoms with van der Waals surface area (Å²) >= 11 is 1.94. The zero-order valence-corrected chi connectivity index (χ0v) is 43.7. The highest BCUT2D eigenvalue weighted by Crippen LogP contribution is 2.56. The standard InChI is InChI=1S/C66H57BN2O2S/c1-63(2,3)38-21-24-40(25-22-38)69-50-33-43-42-32-47-48(66(9,10)29-28-65(47,7)8)35-53(42)70-52(43)34-45(50)55-56-41-18-14-15-19-54(41)72-61(56)57-44-31-39(64(4,5)6)23-26-49(44)68-59-46-30-37(36-16-12-11-13-17-36)20-27-51(46)71-62(59)67(69)58(55)60(57)68/h11-27,30-35H,28-29H2,1-10H3. The summed E-state index contributed by atoms with van der Waals surface area (Å²) in [7, 11) is 0. The molecule has 0 amide bonds. The lowest BCUT2D eigenvalue weighted by molar-refractivity contribution is 0.332.